The van der Waals surface area contributed by atoms with Gasteiger partial charge in [-0.25, -0.2) is 14.8 Å². The van der Waals surface area contributed by atoms with Gasteiger partial charge in [0, 0.05) is 30.8 Å². The van der Waals surface area contributed by atoms with Gasteiger partial charge in [0.25, 0.3) is 0 Å². The smallest absolute Gasteiger partial charge is 0.323 e. The molecule has 1 fully saturated rings. The summed E-state index contributed by atoms with van der Waals surface area (Å²) in [6.45, 7) is 2.90. The first-order chi connectivity index (χ1) is 14.5. The van der Waals surface area contributed by atoms with Gasteiger partial charge in [-0.15, -0.1) is 22.7 Å². The molecule has 4 rings (SSSR count). The Bertz CT molecular complexity index is 1090. The van der Waals surface area contributed by atoms with Crippen LogP contribution < -0.4 is 20.9 Å². The average molecular weight is 447 g/mol. The molecule has 0 aromatic carbocycles. The minimum atomic E-state index is -0.246. The zero-order valence-corrected chi connectivity index (χ0v) is 17.6. The number of hydrogen-bond acceptors (Lipinski definition) is 8. The number of urea groups is 1. The number of hydrogen-bond donors (Lipinski definition) is 3. The summed E-state index contributed by atoms with van der Waals surface area (Å²) in [5.74, 6) is 0.789. The van der Waals surface area contributed by atoms with E-state index in [0.29, 0.717) is 52.8 Å². The molecule has 156 valence electrons. The maximum atomic E-state index is 12.3. The lowest BCUT2D eigenvalue weighted by Gasteiger charge is -2.08. The number of nitrogens with zero attached hydrogens (tertiary/aromatic N) is 3. The molecular formula is C18H18N6O4S2. The van der Waals surface area contributed by atoms with E-state index >= 15 is 0 Å². The molecule has 0 saturated carbocycles. The average Bonchev–Trinajstić information content (AvgIpc) is 3.47. The molecular weight excluding hydrogens is 428 g/mol. The van der Waals surface area contributed by atoms with Crippen LogP contribution in [0.4, 0.5) is 15.1 Å². The first-order valence-corrected chi connectivity index (χ1v) is 10.8. The van der Waals surface area contributed by atoms with Gasteiger partial charge in [-0.2, -0.15) is 0 Å². The molecule has 30 heavy (non-hydrogen) atoms. The lowest BCUT2D eigenvalue weighted by Crippen LogP contribution is -2.27. The van der Waals surface area contributed by atoms with Crippen molar-refractivity contribution >= 4 is 50.8 Å². The summed E-state index contributed by atoms with van der Waals surface area (Å²) < 4.78 is 5.67. The number of furan rings is 1. The maximum absolute atomic E-state index is 12.3. The van der Waals surface area contributed by atoms with Crippen LogP contribution in [0.3, 0.4) is 0 Å². The third-order valence-corrected chi connectivity index (χ3v) is 5.82. The fourth-order valence-electron chi connectivity index (χ4n) is 2.75. The van der Waals surface area contributed by atoms with Crippen molar-refractivity contribution in [1.82, 2.24) is 20.6 Å². The van der Waals surface area contributed by atoms with Crippen LogP contribution in [-0.4, -0.2) is 40.9 Å². The normalized spacial score (nSPS) is 13.4. The van der Waals surface area contributed by atoms with Gasteiger partial charge in [0.05, 0.1) is 18.7 Å². The Morgan fingerprint density at radius 3 is 2.90 bits per heavy atom. The van der Waals surface area contributed by atoms with Crippen molar-refractivity contribution in [3.8, 4) is 11.5 Å². The van der Waals surface area contributed by atoms with E-state index in [9.17, 15) is 14.4 Å². The summed E-state index contributed by atoms with van der Waals surface area (Å²) in [5, 5.41) is 12.7. The van der Waals surface area contributed by atoms with Crippen LogP contribution in [0.25, 0.3) is 11.5 Å². The van der Waals surface area contributed by atoms with Crippen LogP contribution in [0.5, 0.6) is 0 Å². The number of carbonyl (C=O) groups is 3. The maximum Gasteiger partial charge on any atom is 0.323 e. The molecule has 0 radical (unpaired) electrons. The quantitative estimate of drug-likeness (QED) is 0.510. The van der Waals surface area contributed by atoms with E-state index in [2.05, 4.69) is 25.9 Å². The molecule has 4 amide bonds. The molecule has 1 saturated heterocycles. The van der Waals surface area contributed by atoms with Gasteiger partial charge >= 0.3 is 6.03 Å². The highest BCUT2D eigenvalue weighted by molar-refractivity contribution is 7.14. The van der Waals surface area contributed by atoms with Crippen molar-refractivity contribution in [3.63, 3.8) is 0 Å². The molecule has 4 heterocycles. The summed E-state index contributed by atoms with van der Waals surface area (Å²) in [4.78, 5) is 45.3. The number of rotatable bonds is 7. The Balaban J connectivity index is 1.34. The Morgan fingerprint density at radius 1 is 1.27 bits per heavy atom. The molecule has 12 heteroatoms. The molecule has 1 aliphatic heterocycles. The highest BCUT2D eigenvalue weighted by atomic mass is 32.1. The van der Waals surface area contributed by atoms with Crippen LogP contribution in [0.2, 0.25) is 0 Å². The predicted molar refractivity (Wildman–Crippen MR) is 113 cm³/mol. The van der Waals surface area contributed by atoms with Gasteiger partial charge in [-0.1, -0.05) is 0 Å². The first-order valence-electron chi connectivity index (χ1n) is 9.06. The van der Waals surface area contributed by atoms with Crippen molar-refractivity contribution in [2.45, 2.75) is 19.9 Å². The van der Waals surface area contributed by atoms with Gasteiger partial charge in [-0.05, 0) is 12.1 Å². The SMILES string of the molecule is CC(=O)NCc1ccc(-c2csc(NC(=O)Cc3csc(N4CCNC4=O)n3)n2)o1. The summed E-state index contributed by atoms with van der Waals surface area (Å²) in [6, 6.07) is 3.36. The van der Waals surface area contributed by atoms with Crippen LogP contribution in [-0.2, 0) is 22.6 Å². The van der Waals surface area contributed by atoms with Crippen LogP contribution in [0.1, 0.15) is 18.4 Å². The van der Waals surface area contributed by atoms with Gasteiger partial charge in [0.15, 0.2) is 16.0 Å². The Labute approximate surface area is 179 Å². The van der Waals surface area contributed by atoms with Crippen molar-refractivity contribution in [3.05, 3.63) is 34.3 Å². The number of thiazole rings is 2. The fraction of sp³-hybridized carbons (Fsp3) is 0.278. The van der Waals surface area contributed by atoms with E-state index in [1.54, 1.807) is 27.8 Å². The van der Waals surface area contributed by atoms with E-state index in [0.717, 1.165) is 0 Å². The van der Waals surface area contributed by atoms with Crippen molar-refractivity contribution in [2.24, 2.45) is 0 Å². The molecule has 0 atom stereocenters. The second-order valence-electron chi connectivity index (χ2n) is 6.44. The number of aromatic nitrogens is 2. The Kier molecular flexibility index (Phi) is 5.77. The van der Waals surface area contributed by atoms with E-state index in [1.165, 1.54) is 29.6 Å². The molecule has 1 aliphatic rings. The van der Waals surface area contributed by atoms with Crippen LogP contribution >= 0.6 is 22.7 Å². The molecule has 0 spiro atoms. The summed E-state index contributed by atoms with van der Waals surface area (Å²) in [7, 11) is 0. The van der Waals surface area contributed by atoms with Crippen molar-refractivity contribution in [1.29, 1.82) is 0 Å². The van der Waals surface area contributed by atoms with Crippen molar-refractivity contribution in [2.75, 3.05) is 23.3 Å². The standard InChI is InChI=1S/C18H18N6O4S2/c1-10(25)20-7-12-2-3-14(28-12)13-9-29-16(22-13)23-15(26)6-11-8-30-18(21-11)24-5-4-19-17(24)27/h2-3,8-9H,4-7H2,1H3,(H,19,27)(H,20,25)(H,22,23,26). The zero-order chi connectivity index (χ0) is 21.1. The molecule has 10 nitrogen and oxygen atoms in total. The summed E-state index contributed by atoms with van der Waals surface area (Å²) >= 11 is 2.62. The van der Waals surface area contributed by atoms with E-state index in [4.69, 9.17) is 4.42 Å². The second-order valence-corrected chi connectivity index (χ2v) is 8.14. The van der Waals surface area contributed by atoms with Gasteiger partial charge in [0.1, 0.15) is 11.5 Å². The number of amides is 4. The number of anilines is 2. The monoisotopic (exact) mass is 446 g/mol. The molecule has 3 aromatic heterocycles. The highest BCUT2D eigenvalue weighted by Crippen LogP contribution is 2.27. The van der Waals surface area contributed by atoms with Crippen LogP contribution in [0.15, 0.2) is 27.3 Å². The molecule has 3 N–H and O–H groups in total. The lowest BCUT2D eigenvalue weighted by atomic mass is 10.3. The van der Waals surface area contributed by atoms with Crippen molar-refractivity contribution < 1.29 is 18.8 Å². The van der Waals surface area contributed by atoms with Gasteiger partial charge in [0.2, 0.25) is 11.8 Å². The first kappa shape index (κ1) is 20.0. The minimum Gasteiger partial charge on any atom is -0.458 e. The third-order valence-electron chi connectivity index (χ3n) is 4.15. The second kappa shape index (κ2) is 8.63. The minimum absolute atomic E-state index is 0.0858. The fourth-order valence-corrected chi connectivity index (χ4v) is 4.31. The zero-order valence-electron chi connectivity index (χ0n) is 15.9. The number of nitrogens with one attached hydrogen (secondary N) is 3. The lowest BCUT2D eigenvalue weighted by molar-refractivity contribution is -0.119. The molecule has 0 unspecified atom stereocenters. The number of carbonyl (C=O) groups excluding carboxylic acids is 3. The van der Waals surface area contributed by atoms with Crippen LogP contribution in [0, 0.1) is 0 Å². The summed E-state index contributed by atoms with van der Waals surface area (Å²) in [6.07, 6.45) is 0.0858. The third kappa shape index (κ3) is 4.66. The predicted octanol–water partition coefficient (Wildman–Crippen LogP) is 2.21. The van der Waals surface area contributed by atoms with E-state index < -0.39 is 0 Å². The van der Waals surface area contributed by atoms with E-state index in [1.807, 2.05) is 0 Å². The topological polar surface area (TPSA) is 129 Å². The summed E-state index contributed by atoms with van der Waals surface area (Å²) in [5.41, 5.74) is 1.19. The highest BCUT2D eigenvalue weighted by Gasteiger charge is 2.24. The largest absolute Gasteiger partial charge is 0.458 e. The Hall–Kier alpha value is -3.25. The molecule has 3 aromatic rings. The van der Waals surface area contributed by atoms with Gasteiger partial charge < -0.3 is 20.4 Å². The molecule has 0 bridgehead atoms. The molecule has 0 aliphatic carbocycles. The van der Waals surface area contributed by atoms with E-state index in [-0.39, 0.29) is 24.3 Å². The Morgan fingerprint density at radius 2 is 2.13 bits per heavy atom. The van der Waals surface area contributed by atoms with Gasteiger partial charge in [-0.3, -0.25) is 14.5 Å².